The zero-order valence-corrected chi connectivity index (χ0v) is 44.0. The fourth-order valence-electron chi connectivity index (χ4n) is 8.15. The summed E-state index contributed by atoms with van der Waals surface area (Å²) in [5.74, 6) is 0.535. The van der Waals surface area contributed by atoms with E-state index in [-0.39, 0.29) is 23.4 Å². The maximum absolute atomic E-state index is 13.5. The molecule has 0 atom stereocenters. The van der Waals surface area contributed by atoms with Crippen LogP contribution in [0.25, 0.3) is 22.8 Å². The van der Waals surface area contributed by atoms with Crippen LogP contribution in [0.15, 0.2) is 117 Å². The van der Waals surface area contributed by atoms with E-state index in [2.05, 4.69) is 40.0 Å². The van der Waals surface area contributed by atoms with E-state index < -0.39 is 11.9 Å². The number of benzene rings is 3. The van der Waals surface area contributed by atoms with Crippen LogP contribution in [0.3, 0.4) is 0 Å². The van der Waals surface area contributed by atoms with Gasteiger partial charge in [0.15, 0.2) is 34.6 Å². The first-order valence-electron chi connectivity index (χ1n) is 27.0. The molecule has 75 heavy (non-hydrogen) atoms. The Balaban J connectivity index is 0.989. The van der Waals surface area contributed by atoms with Gasteiger partial charge in [0.2, 0.25) is 0 Å². The molecule has 5 aromatic rings. The highest BCUT2D eigenvalue weighted by Gasteiger charge is 2.18. The molecule has 0 spiro atoms. The molecule has 0 fully saturated rings. The van der Waals surface area contributed by atoms with Crippen LogP contribution in [-0.2, 0) is 25.5 Å². The number of hydrogen-bond acceptors (Lipinski definition) is 14. The van der Waals surface area contributed by atoms with Crippen LogP contribution in [-0.4, -0.2) is 70.2 Å². The van der Waals surface area contributed by atoms with E-state index in [0.29, 0.717) is 60.7 Å². The minimum absolute atomic E-state index is 0.121. The summed E-state index contributed by atoms with van der Waals surface area (Å²) < 4.78 is 33.5. The van der Waals surface area contributed by atoms with E-state index in [4.69, 9.17) is 28.4 Å². The molecule has 0 aliphatic carbocycles. The van der Waals surface area contributed by atoms with E-state index in [1.54, 1.807) is 85.5 Å². The first-order valence-corrected chi connectivity index (χ1v) is 27.0. The molecule has 0 unspecified atom stereocenters. The SMILES string of the molecule is C=CC(=O)OCCCCCCCCCCCCOc1cnc(-c2ccc(C(=O)Oc3ccc(CCC)cc3OC(=O)c3ccc(-c4ncc(OCCCCCCCCCCCCOC(=O)C=C)cn4)cc3)cc2)nc1. The highest BCUT2D eigenvalue weighted by Crippen LogP contribution is 2.31. The summed E-state index contributed by atoms with van der Waals surface area (Å²) in [6.45, 7) is 11.0. The fourth-order valence-corrected chi connectivity index (χ4v) is 8.15. The predicted molar refractivity (Wildman–Crippen MR) is 291 cm³/mol. The zero-order chi connectivity index (χ0) is 53.1. The summed E-state index contributed by atoms with van der Waals surface area (Å²) in [6.07, 6.45) is 33.2. The predicted octanol–water partition coefficient (Wildman–Crippen LogP) is 14.0. The molecule has 0 saturated heterocycles. The van der Waals surface area contributed by atoms with Crippen molar-refractivity contribution in [3.05, 3.63) is 134 Å². The highest BCUT2D eigenvalue weighted by molar-refractivity contribution is 5.94. The molecular formula is C61H76N4O10. The van der Waals surface area contributed by atoms with Gasteiger partial charge in [0.1, 0.15) is 0 Å². The summed E-state index contributed by atoms with van der Waals surface area (Å²) >= 11 is 0. The number of rotatable bonds is 38. The van der Waals surface area contributed by atoms with Gasteiger partial charge in [-0.25, -0.2) is 39.1 Å². The molecule has 14 heteroatoms. The summed E-state index contributed by atoms with van der Waals surface area (Å²) in [5, 5.41) is 0. The lowest BCUT2D eigenvalue weighted by Crippen LogP contribution is -2.13. The number of hydrogen-bond donors (Lipinski definition) is 0. The van der Waals surface area contributed by atoms with Crippen molar-refractivity contribution in [2.24, 2.45) is 0 Å². The van der Waals surface area contributed by atoms with Gasteiger partial charge in [0.25, 0.3) is 0 Å². The monoisotopic (exact) mass is 1020 g/mol. The Bertz CT molecular complexity index is 2480. The molecule has 3 aromatic carbocycles. The highest BCUT2D eigenvalue weighted by atomic mass is 16.6. The first kappa shape index (κ1) is 58.7. The maximum atomic E-state index is 13.5. The number of nitrogens with zero attached hydrogens (tertiary/aromatic N) is 4. The number of carbonyl (C=O) groups excluding carboxylic acids is 4. The number of esters is 4. The standard InChI is InChI=1S/C61H76N4O10/c1-4-27-47-28-37-54(74-60(68)50-33-29-48(30-34-50)58-62-43-52(44-63-58)70-38-23-19-15-11-7-9-13-17-21-25-40-72-56(66)5-2)55(42-47)75-61(69)51-35-31-49(32-36-51)59-64-45-53(46-65-59)71-39-24-20-16-12-8-10-14-18-22-26-41-73-57(67)6-3/h5-6,28-37,42-46H,2-4,7-27,38-41H2,1H3. The van der Waals surface area contributed by atoms with Crippen LogP contribution in [0.5, 0.6) is 23.0 Å². The van der Waals surface area contributed by atoms with Crippen LogP contribution in [0.4, 0.5) is 0 Å². The van der Waals surface area contributed by atoms with Crippen LogP contribution in [0, 0.1) is 0 Å². The molecule has 400 valence electrons. The third kappa shape index (κ3) is 22.8. The molecule has 2 aromatic heterocycles. The molecular weight excluding hydrogens is 949 g/mol. The van der Waals surface area contributed by atoms with E-state index in [0.717, 1.165) is 93.7 Å². The van der Waals surface area contributed by atoms with Crippen molar-refractivity contribution in [1.82, 2.24) is 19.9 Å². The molecule has 2 heterocycles. The van der Waals surface area contributed by atoms with Gasteiger partial charge < -0.3 is 28.4 Å². The van der Waals surface area contributed by atoms with Crippen LogP contribution >= 0.6 is 0 Å². The van der Waals surface area contributed by atoms with Gasteiger partial charge in [0.05, 0.1) is 62.3 Å². The zero-order valence-electron chi connectivity index (χ0n) is 44.0. The lowest BCUT2D eigenvalue weighted by Gasteiger charge is -2.13. The van der Waals surface area contributed by atoms with E-state index in [1.165, 1.54) is 76.4 Å². The second-order valence-electron chi connectivity index (χ2n) is 18.5. The number of carbonyl (C=O) groups is 4. The fraction of sp³-hybridized carbons (Fsp3) is 0.443. The van der Waals surface area contributed by atoms with Gasteiger partial charge in [-0.3, -0.25) is 0 Å². The smallest absolute Gasteiger partial charge is 0.343 e. The van der Waals surface area contributed by atoms with E-state index in [9.17, 15) is 19.2 Å². The minimum atomic E-state index is -0.612. The van der Waals surface area contributed by atoms with Crippen LogP contribution < -0.4 is 18.9 Å². The topological polar surface area (TPSA) is 175 Å². The number of aromatic nitrogens is 4. The number of aryl methyl sites for hydroxylation is 1. The van der Waals surface area contributed by atoms with Crippen molar-refractivity contribution in [3.63, 3.8) is 0 Å². The van der Waals surface area contributed by atoms with Gasteiger partial charge in [-0.1, -0.05) is 160 Å². The van der Waals surface area contributed by atoms with Gasteiger partial charge in [-0.15, -0.1) is 0 Å². The summed E-state index contributed by atoms with van der Waals surface area (Å²) in [4.78, 5) is 67.0. The van der Waals surface area contributed by atoms with Crippen LogP contribution in [0.1, 0.15) is 168 Å². The minimum Gasteiger partial charge on any atom is -0.490 e. The van der Waals surface area contributed by atoms with Crippen molar-refractivity contribution >= 4 is 23.9 Å². The van der Waals surface area contributed by atoms with Gasteiger partial charge in [-0.2, -0.15) is 0 Å². The molecule has 0 radical (unpaired) electrons. The van der Waals surface area contributed by atoms with Crippen molar-refractivity contribution < 1.29 is 47.6 Å². The normalized spacial score (nSPS) is 10.8. The van der Waals surface area contributed by atoms with E-state index in [1.807, 2.05) is 6.07 Å². The molecule has 0 saturated carbocycles. The Morgan fingerprint density at radius 2 is 0.787 bits per heavy atom. The van der Waals surface area contributed by atoms with Gasteiger partial charge in [0, 0.05) is 23.3 Å². The second kappa shape index (κ2) is 35.1. The summed E-state index contributed by atoms with van der Waals surface area (Å²) in [6, 6.07) is 18.9. The quantitative estimate of drug-likeness (QED) is 0.0158. The average Bonchev–Trinajstić information content (AvgIpc) is 3.44. The molecule has 14 nitrogen and oxygen atoms in total. The lowest BCUT2D eigenvalue weighted by molar-refractivity contribution is -0.138. The van der Waals surface area contributed by atoms with Crippen molar-refractivity contribution in [2.45, 2.75) is 148 Å². The third-order valence-electron chi connectivity index (χ3n) is 12.4. The van der Waals surface area contributed by atoms with Gasteiger partial charge >= 0.3 is 23.9 Å². The Labute approximate surface area is 443 Å². The Morgan fingerprint density at radius 1 is 0.440 bits per heavy atom. The maximum Gasteiger partial charge on any atom is 0.343 e. The second-order valence-corrected chi connectivity index (χ2v) is 18.5. The Kier molecular flexibility index (Phi) is 27.4. The molecule has 0 aliphatic heterocycles. The number of ether oxygens (including phenoxy) is 6. The van der Waals surface area contributed by atoms with Crippen molar-refractivity contribution in [1.29, 1.82) is 0 Å². The third-order valence-corrected chi connectivity index (χ3v) is 12.4. The Morgan fingerprint density at radius 3 is 1.15 bits per heavy atom. The van der Waals surface area contributed by atoms with Crippen LogP contribution in [0.2, 0.25) is 0 Å². The summed E-state index contributed by atoms with van der Waals surface area (Å²) in [5.41, 5.74) is 2.99. The number of unbranched alkanes of at least 4 members (excludes halogenated alkanes) is 18. The molecule has 0 bridgehead atoms. The molecule has 0 aliphatic rings. The van der Waals surface area contributed by atoms with Crippen molar-refractivity contribution in [3.8, 4) is 45.8 Å². The molecule has 5 rings (SSSR count). The first-order chi connectivity index (χ1) is 36.8. The van der Waals surface area contributed by atoms with Crippen molar-refractivity contribution in [2.75, 3.05) is 26.4 Å². The Hall–Kier alpha value is -7.22. The average molecular weight is 1030 g/mol. The van der Waals surface area contributed by atoms with E-state index >= 15 is 0 Å². The molecule has 0 N–H and O–H groups in total. The summed E-state index contributed by atoms with van der Waals surface area (Å²) in [7, 11) is 0. The largest absolute Gasteiger partial charge is 0.490 e. The molecule has 0 amide bonds. The lowest BCUT2D eigenvalue weighted by atomic mass is 10.1. The van der Waals surface area contributed by atoms with Gasteiger partial charge in [-0.05, 0) is 74.1 Å².